The molecule has 0 bridgehead atoms. The van der Waals surface area contributed by atoms with Crippen molar-refractivity contribution in [3.05, 3.63) is 96.1 Å². The molecule has 1 aromatic heterocycles. The highest BCUT2D eigenvalue weighted by Gasteiger charge is 2.24. The molecule has 134 valence electrons. The maximum absolute atomic E-state index is 12.9. The summed E-state index contributed by atoms with van der Waals surface area (Å²) in [6.07, 6.45) is 0. The molecule has 3 aromatic carbocycles. The molecule has 4 aromatic rings. The van der Waals surface area contributed by atoms with E-state index < -0.39 is 5.25 Å². The van der Waals surface area contributed by atoms with E-state index in [2.05, 4.69) is 10.3 Å². The van der Waals surface area contributed by atoms with Crippen molar-refractivity contribution in [3.63, 3.8) is 0 Å². The Morgan fingerprint density at radius 1 is 0.926 bits per heavy atom. The SMILES string of the molecule is O=C(NCc1ccccc1)C(Sc1nc2ccccc2o1)c1ccccc1. The molecule has 1 amide bonds. The molecular weight excluding hydrogens is 356 g/mol. The van der Waals surface area contributed by atoms with Gasteiger partial charge in [-0.2, -0.15) is 0 Å². The predicted octanol–water partition coefficient (Wildman–Crippen LogP) is 4.98. The minimum absolute atomic E-state index is 0.0719. The Morgan fingerprint density at radius 3 is 2.33 bits per heavy atom. The first kappa shape index (κ1) is 17.4. The lowest BCUT2D eigenvalue weighted by Gasteiger charge is -2.15. The molecule has 0 radical (unpaired) electrons. The fraction of sp³-hybridized carbons (Fsp3) is 0.0909. The van der Waals surface area contributed by atoms with Crippen LogP contribution in [0.1, 0.15) is 16.4 Å². The molecule has 4 nitrogen and oxygen atoms in total. The van der Waals surface area contributed by atoms with Crippen molar-refractivity contribution >= 4 is 28.8 Å². The van der Waals surface area contributed by atoms with E-state index in [9.17, 15) is 4.79 Å². The van der Waals surface area contributed by atoms with Crippen molar-refractivity contribution in [3.8, 4) is 0 Å². The van der Waals surface area contributed by atoms with Crippen molar-refractivity contribution < 1.29 is 9.21 Å². The molecule has 4 rings (SSSR count). The molecule has 0 spiro atoms. The van der Waals surface area contributed by atoms with Gasteiger partial charge in [0.25, 0.3) is 5.22 Å². The number of nitrogens with zero attached hydrogens (tertiary/aromatic N) is 1. The van der Waals surface area contributed by atoms with E-state index in [0.717, 1.165) is 22.2 Å². The summed E-state index contributed by atoms with van der Waals surface area (Å²) in [5, 5.41) is 3.07. The number of fused-ring (bicyclic) bond motifs is 1. The molecule has 1 N–H and O–H groups in total. The number of rotatable bonds is 6. The minimum Gasteiger partial charge on any atom is -0.431 e. The van der Waals surface area contributed by atoms with Gasteiger partial charge < -0.3 is 9.73 Å². The summed E-state index contributed by atoms with van der Waals surface area (Å²) in [4.78, 5) is 17.4. The van der Waals surface area contributed by atoms with Gasteiger partial charge in [0.15, 0.2) is 5.58 Å². The number of hydrogen-bond acceptors (Lipinski definition) is 4. The molecule has 1 unspecified atom stereocenters. The Balaban J connectivity index is 1.56. The Hall–Kier alpha value is -3.05. The molecule has 27 heavy (non-hydrogen) atoms. The Bertz CT molecular complexity index is 999. The van der Waals surface area contributed by atoms with Crippen LogP contribution in [-0.4, -0.2) is 10.9 Å². The van der Waals surface area contributed by atoms with Gasteiger partial charge in [0.05, 0.1) is 0 Å². The maximum Gasteiger partial charge on any atom is 0.257 e. The third kappa shape index (κ3) is 4.20. The second kappa shape index (κ2) is 8.10. The molecular formula is C22H18N2O2S. The van der Waals surface area contributed by atoms with E-state index in [-0.39, 0.29) is 5.91 Å². The zero-order valence-electron chi connectivity index (χ0n) is 14.5. The van der Waals surface area contributed by atoms with E-state index in [4.69, 9.17) is 4.42 Å². The first-order valence-electron chi connectivity index (χ1n) is 8.68. The van der Waals surface area contributed by atoms with Crippen LogP contribution in [0, 0.1) is 0 Å². The highest BCUT2D eigenvalue weighted by molar-refractivity contribution is 8.00. The fourth-order valence-corrected chi connectivity index (χ4v) is 3.75. The minimum atomic E-state index is -0.442. The average Bonchev–Trinajstić information content (AvgIpc) is 3.14. The van der Waals surface area contributed by atoms with Gasteiger partial charge in [0.2, 0.25) is 5.91 Å². The van der Waals surface area contributed by atoms with Crippen LogP contribution in [-0.2, 0) is 11.3 Å². The normalized spacial score (nSPS) is 12.0. The fourth-order valence-electron chi connectivity index (χ4n) is 2.78. The summed E-state index contributed by atoms with van der Waals surface area (Å²) in [5.74, 6) is -0.0719. The second-order valence-electron chi connectivity index (χ2n) is 6.06. The summed E-state index contributed by atoms with van der Waals surface area (Å²) in [6.45, 7) is 0.483. The lowest BCUT2D eigenvalue weighted by atomic mass is 10.1. The lowest BCUT2D eigenvalue weighted by molar-refractivity contribution is -0.120. The number of oxazole rings is 1. The van der Waals surface area contributed by atoms with Gasteiger partial charge in [-0.25, -0.2) is 4.98 Å². The zero-order valence-corrected chi connectivity index (χ0v) is 15.4. The number of carbonyl (C=O) groups excluding carboxylic acids is 1. The van der Waals surface area contributed by atoms with Gasteiger partial charge in [-0.15, -0.1) is 0 Å². The Kier molecular flexibility index (Phi) is 5.21. The van der Waals surface area contributed by atoms with Crippen LogP contribution in [0.5, 0.6) is 0 Å². The summed E-state index contributed by atoms with van der Waals surface area (Å²) in [7, 11) is 0. The van der Waals surface area contributed by atoms with Crippen molar-refractivity contribution in [2.75, 3.05) is 0 Å². The van der Waals surface area contributed by atoms with Gasteiger partial charge >= 0.3 is 0 Å². The molecule has 0 saturated heterocycles. The lowest BCUT2D eigenvalue weighted by Crippen LogP contribution is -2.27. The molecule has 0 aliphatic carbocycles. The van der Waals surface area contributed by atoms with Gasteiger partial charge in [0, 0.05) is 6.54 Å². The first-order valence-corrected chi connectivity index (χ1v) is 9.56. The Labute approximate surface area is 161 Å². The standard InChI is InChI=1S/C22H18N2O2S/c25-21(23-15-16-9-3-1-4-10-16)20(17-11-5-2-6-12-17)27-22-24-18-13-7-8-14-19(18)26-22/h1-14,20H,15H2,(H,23,25). The van der Waals surface area contributed by atoms with Gasteiger partial charge in [0.1, 0.15) is 10.8 Å². The topological polar surface area (TPSA) is 55.1 Å². The van der Waals surface area contributed by atoms with Gasteiger partial charge in [-0.3, -0.25) is 4.79 Å². The maximum atomic E-state index is 12.9. The zero-order chi connectivity index (χ0) is 18.5. The molecule has 5 heteroatoms. The third-order valence-corrected chi connectivity index (χ3v) is 5.24. The largest absolute Gasteiger partial charge is 0.431 e. The van der Waals surface area contributed by atoms with E-state index in [0.29, 0.717) is 11.8 Å². The van der Waals surface area contributed by atoms with Crippen LogP contribution in [0.3, 0.4) is 0 Å². The Morgan fingerprint density at radius 2 is 1.59 bits per heavy atom. The van der Waals surface area contributed by atoms with Crippen LogP contribution in [0.25, 0.3) is 11.1 Å². The monoisotopic (exact) mass is 374 g/mol. The molecule has 0 fully saturated rings. The molecule has 1 atom stereocenters. The van der Waals surface area contributed by atoms with Crippen molar-refractivity contribution in [1.29, 1.82) is 0 Å². The summed E-state index contributed by atoms with van der Waals surface area (Å²) >= 11 is 1.32. The van der Waals surface area contributed by atoms with E-state index in [1.165, 1.54) is 11.8 Å². The van der Waals surface area contributed by atoms with Crippen molar-refractivity contribution in [2.24, 2.45) is 0 Å². The summed E-state index contributed by atoms with van der Waals surface area (Å²) in [5.41, 5.74) is 3.48. The first-order chi connectivity index (χ1) is 13.3. The molecule has 0 aliphatic rings. The number of thioether (sulfide) groups is 1. The number of carbonyl (C=O) groups is 1. The second-order valence-corrected chi connectivity index (χ2v) is 7.12. The number of nitrogens with one attached hydrogen (secondary N) is 1. The smallest absolute Gasteiger partial charge is 0.257 e. The van der Waals surface area contributed by atoms with Crippen molar-refractivity contribution in [2.45, 2.75) is 17.0 Å². The van der Waals surface area contributed by atoms with Crippen molar-refractivity contribution in [1.82, 2.24) is 10.3 Å². The third-order valence-electron chi connectivity index (χ3n) is 4.14. The van der Waals surface area contributed by atoms with Crippen LogP contribution in [0.2, 0.25) is 0 Å². The quantitative estimate of drug-likeness (QED) is 0.484. The predicted molar refractivity (Wildman–Crippen MR) is 107 cm³/mol. The van der Waals surface area contributed by atoms with Crippen LogP contribution < -0.4 is 5.32 Å². The summed E-state index contributed by atoms with van der Waals surface area (Å²) < 4.78 is 5.80. The van der Waals surface area contributed by atoms with Crippen LogP contribution in [0.4, 0.5) is 0 Å². The number of para-hydroxylation sites is 2. The number of hydrogen-bond donors (Lipinski definition) is 1. The van der Waals surface area contributed by atoms with Crippen LogP contribution >= 0.6 is 11.8 Å². The molecule has 1 heterocycles. The molecule has 0 aliphatic heterocycles. The number of benzene rings is 3. The average molecular weight is 374 g/mol. The summed E-state index contributed by atoms with van der Waals surface area (Å²) in [6, 6.07) is 27.2. The number of amides is 1. The molecule has 0 saturated carbocycles. The van der Waals surface area contributed by atoms with Crippen LogP contribution in [0.15, 0.2) is 94.6 Å². The number of aromatic nitrogens is 1. The van der Waals surface area contributed by atoms with E-state index in [1.807, 2.05) is 84.9 Å². The van der Waals surface area contributed by atoms with E-state index in [1.54, 1.807) is 0 Å². The van der Waals surface area contributed by atoms with Gasteiger partial charge in [-0.05, 0) is 35.0 Å². The highest BCUT2D eigenvalue weighted by atomic mass is 32.2. The van der Waals surface area contributed by atoms with Gasteiger partial charge in [-0.1, -0.05) is 72.8 Å². The van der Waals surface area contributed by atoms with E-state index >= 15 is 0 Å². The highest BCUT2D eigenvalue weighted by Crippen LogP contribution is 2.36.